The maximum Gasteiger partial charge on any atom is 0.146 e. The van der Waals surface area contributed by atoms with Gasteiger partial charge in [0.1, 0.15) is 6.79 Å². The number of rotatable bonds is 8. The van der Waals surface area contributed by atoms with Crippen LogP contribution in [0.1, 0.15) is 45.4 Å². The molecule has 5 nitrogen and oxygen atoms in total. The Bertz CT molecular complexity index is 612. The van der Waals surface area contributed by atoms with Crippen molar-refractivity contribution in [3.05, 3.63) is 23.8 Å². The van der Waals surface area contributed by atoms with Gasteiger partial charge >= 0.3 is 0 Å². The molecule has 0 aromatic carbocycles. The fourth-order valence-corrected chi connectivity index (χ4v) is 7.08. The van der Waals surface area contributed by atoms with E-state index in [1.54, 1.807) is 7.11 Å². The summed E-state index contributed by atoms with van der Waals surface area (Å²) in [4.78, 5) is 0. The van der Waals surface area contributed by atoms with E-state index in [0.717, 1.165) is 38.5 Å². The van der Waals surface area contributed by atoms with Gasteiger partial charge in [0, 0.05) is 25.0 Å². The molecule has 1 spiro atoms. The fraction of sp³-hybridized carbons (Fsp3) is 0.818. The van der Waals surface area contributed by atoms with Crippen LogP contribution in [0.25, 0.3) is 0 Å². The number of hydrogen-bond donors (Lipinski definition) is 2. The fourth-order valence-electron chi connectivity index (χ4n) is 7.08. The molecule has 2 fully saturated rings. The first kappa shape index (κ1) is 19.6. The van der Waals surface area contributed by atoms with Crippen LogP contribution in [0.2, 0.25) is 0 Å². The van der Waals surface area contributed by atoms with Crippen LogP contribution in [0, 0.1) is 22.7 Å². The molecule has 5 heteroatoms. The van der Waals surface area contributed by atoms with Crippen molar-refractivity contribution in [2.75, 3.05) is 33.7 Å². The molecular formula is C22H34O5. The van der Waals surface area contributed by atoms with Gasteiger partial charge in [0.15, 0.2) is 0 Å². The highest BCUT2D eigenvalue weighted by molar-refractivity contribution is 5.41. The summed E-state index contributed by atoms with van der Waals surface area (Å²) in [6.45, 7) is 3.49. The maximum absolute atomic E-state index is 11.2. The largest absolute Gasteiger partial charge is 0.396 e. The van der Waals surface area contributed by atoms with Gasteiger partial charge in [0.2, 0.25) is 0 Å². The molecule has 1 unspecified atom stereocenters. The van der Waals surface area contributed by atoms with Crippen molar-refractivity contribution in [1.29, 1.82) is 0 Å². The van der Waals surface area contributed by atoms with Crippen LogP contribution in [-0.4, -0.2) is 55.6 Å². The minimum absolute atomic E-state index is 0.0412. The van der Waals surface area contributed by atoms with E-state index < -0.39 is 5.60 Å². The standard InChI is InChI=1S/C22H34O5/c1-20(24)8-4-9-22-17(20)7-10-21(11-12-23)16(5-3-6-18(21)22)19(22)27-14-13-26-15-25-2/h3,5,7,16,18-19,23-24H,4,6,8-15H2,1-2H3/t16-,18-,19?,20+,21-,22+/m1/s1. The zero-order valence-corrected chi connectivity index (χ0v) is 16.7. The third-order valence-corrected chi connectivity index (χ3v) is 7.85. The Morgan fingerprint density at radius 2 is 2.11 bits per heavy atom. The molecule has 0 aromatic rings. The molecule has 2 saturated carbocycles. The first-order chi connectivity index (χ1) is 13.0. The predicted molar refractivity (Wildman–Crippen MR) is 102 cm³/mol. The van der Waals surface area contributed by atoms with Gasteiger partial charge in [-0.05, 0) is 62.4 Å². The van der Waals surface area contributed by atoms with Crippen LogP contribution < -0.4 is 0 Å². The highest BCUT2D eigenvalue weighted by Crippen LogP contribution is 2.74. The normalized spacial score (nSPS) is 44.9. The van der Waals surface area contributed by atoms with E-state index in [0.29, 0.717) is 19.1 Å². The van der Waals surface area contributed by atoms with Gasteiger partial charge < -0.3 is 24.4 Å². The summed E-state index contributed by atoms with van der Waals surface area (Å²) in [6, 6.07) is 0. The topological polar surface area (TPSA) is 68.2 Å². The Labute approximate surface area is 162 Å². The van der Waals surface area contributed by atoms with Crippen molar-refractivity contribution in [2.24, 2.45) is 22.7 Å². The summed E-state index contributed by atoms with van der Waals surface area (Å²) in [7, 11) is 1.62. The van der Waals surface area contributed by atoms with Gasteiger partial charge in [-0.3, -0.25) is 0 Å². The Morgan fingerprint density at radius 1 is 1.26 bits per heavy atom. The summed E-state index contributed by atoms with van der Waals surface area (Å²) in [5.74, 6) is 0.720. The van der Waals surface area contributed by atoms with Crippen molar-refractivity contribution in [2.45, 2.75) is 57.2 Å². The lowest BCUT2D eigenvalue weighted by molar-refractivity contribution is -0.100. The van der Waals surface area contributed by atoms with E-state index in [9.17, 15) is 10.2 Å². The Balaban J connectivity index is 1.69. The maximum atomic E-state index is 11.2. The molecule has 4 aliphatic rings. The molecule has 0 aromatic heterocycles. The molecule has 4 bridgehead atoms. The zero-order valence-electron chi connectivity index (χ0n) is 16.7. The first-order valence-corrected chi connectivity index (χ1v) is 10.4. The summed E-state index contributed by atoms with van der Waals surface area (Å²) >= 11 is 0. The molecule has 4 aliphatic carbocycles. The van der Waals surface area contributed by atoms with Crippen molar-refractivity contribution in [3.8, 4) is 0 Å². The van der Waals surface area contributed by atoms with Gasteiger partial charge in [-0.2, -0.15) is 0 Å². The van der Waals surface area contributed by atoms with Gasteiger partial charge in [-0.1, -0.05) is 18.2 Å². The summed E-state index contributed by atoms with van der Waals surface area (Å²) in [5.41, 5.74) is 0.382. The highest BCUT2D eigenvalue weighted by Gasteiger charge is 2.71. The van der Waals surface area contributed by atoms with Gasteiger partial charge in [0.25, 0.3) is 0 Å². The number of aliphatic hydroxyl groups excluding tert-OH is 1. The Hall–Kier alpha value is -0.720. The van der Waals surface area contributed by atoms with Gasteiger partial charge in [0.05, 0.1) is 24.9 Å². The van der Waals surface area contributed by atoms with E-state index in [4.69, 9.17) is 14.2 Å². The van der Waals surface area contributed by atoms with Gasteiger partial charge in [-0.15, -0.1) is 0 Å². The van der Waals surface area contributed by atoms with E-state index in [-0.39, 0.29) is 36.3 Å². The van der Waals surface area contributed by atoms with E-state index in [2.05, 4.69) is 18.2 Å². The second kappa shape index (κ2) is 7.27. The average Bonchev–Trinajstić information content (AvgIpc) is 2.76. The number of ether oxygens (including phenoxy) is 3. The van der Waals surface area contributed by atoms with E-state index in [1.165, 1.54) is 5.57 Å². The van der Waals surface area contributed by atoms with E-state index >= 15 is 0 Å². The summed E-state index contributed by atoms with van der Waals surface area (Å²) < 4.78 is 16.9. The summed E-state index contributed by atoms with van der Waals surface area (Å²) in [5, 5.41) is 21.1. The third-order valence-electron chi connectivity index (χ3n) is 7.85. The molecule has 6 atom stereocenters. The SMILES string of the molecule is COCOCCOC1[C@H]2C=CC[C@@H]3[C@@]2(CCO)CC=C2[C@@](C)(O)CCC[C@@]213. The monoisotopic (exact) mass is 378 g/mol. The van der Waals surface area contributed by atoms with Crippen molar-refractivity contribution in [1.82, 2.24) is 0 Å². The van der Waals surface area contributed by atoms with Crippen molar-refractivity contribution >= 4 is 0 Å². The quantitative estimate of drug-likeness (QED) is 0.386. The predicted octanol–water partition coefficient (Wildman–Crippen LogP) is 2.82. The number of methoxy groups -OCH3 is 1. The van der Waals surface area contributed by atoms with Crippen LogP contribution in [0.15, 0.2) is 23.8 Å². The zero-order chi connectivity index (χ0) is 19.1. The van der Waals surface area contributed by atoms with Crippen LogP contribution in [-0.2, 0) is 14.2 Å². The Kier molecular flexibility index (Phi) is 5.27. The second-order valence-electron chi connectivity index (χ2n) is 9.04. The van der Waals surface area contributed by atoms with Crippen molar-refractivity contribution in [3.63, 3.8) is 0 Å². The molecular weight excluding hydrogens is 344 g/mol. The molecule has 0 radical (unpaired) electrons. The molecule has 4 rings (SSSR count). The number of hydrogen-bond acceptors (Lipinski definition) is 5. The molecule has 0 saturated heterocycles. The molecule has 152 valence electrons. The highest BCUT2D eigenvalue weighted by atomic mass is 16.7. The lowest BCUT2D eigenvalue weighted by atomic mass is 9.51. The lowest BCUT2D eigenvalue weighted by Gasteiger charge is -2.55. The van der Waals surface area contributed by atoms with Crippen LogP contribution >= 0.6 is 0 Å². The first-order valence-electron chi connectivity index (χ1n) is 10.4. The van der Waals surface area contributed by atoms with Crippen LogP contribution in [0.4, 0.5) is 0 Å². The third kappa shape index (κ3) is 2.77. The average molecular weight is 379 g/mol. The molecule has 0 heterocycles. The van der Waals surface area contributed by atoms with Crippen molar-refractivity contribution < 1.29 is 24.4 Å². The summed E-state index contributed by atoms with van der Waals surface area (Å²) in [6.07, 6.45) is 12.7. The minimum atomic E-state index is -0.755. The smallest absolute Gasteiger partial charge is 0.146 e. The molecule has 0 aliphatic heterocycles. The van der Waals surface area contributed by atoms with Crippen LogP contribution in [0.5, 0.6) is 0 Å². The van der Waals surface area contributed by atoms with Gasteiger partial charge in [-0.25, -0.2) is 0 Å². The molecule has 27 heavy (non-hydrogen) atoms. The number of aliphatic hydroxyl groups is 2. The lowest BCUT2D eigenvalue weighted by Crippen LogP contribution is -2.52. The molecule has 0 amide bonds. The Morgan fingerprint density at radius 3 is 2.89 bits per heavy atom. The number of allylic oxidation sites excluding steroid dienone is 2. The minimum Gasteiger partial charge on any atom is -0.396 e. The van der Waals surface area contributed by atoms with E-state index in [1.807, 2.05) is 6.92 Å². The van der Waals surface area contributed by atoms with Crippen LogP contribution in [0.3, 0.4) is 0 Å². The second-order valence-corrected chi connectivity index (χ2v) is 9.04. The molecule has 2 N–H and O–H groups in total.